The number of aliphatic hydroxyl groups is 1. The Labute approximate surface area is 90.8 Å². The topological polar surface area (TPSA) is 58.0 Å². The van der Waals surface area contributed by atoms with Crippen molar-refractivity contribution in [3.8, 4) is 0 Å². The van der Waals surface area contributed by atoms with Gasteiger partial charge in [0.25, 0.3) is 0 Å². The largest absolute Gasteiger partial charge is 0.390 e. The molecule has 4 nitrogen and oxygen atoms in total. The highest BCUT2D eigenvalue weighted by Gasteiger charge is 2.21. The van der Waals surface area contributed by atoms with E-state index < -0.39 is 0 Å². The highest BCUT2D eigenvalue weighted by molar-refractivity contribution is 4.84. The molecule has 2 heterocycles. The lowest BCUT2D eigenvalue weighted by molar-refractivity contribution is 0.0291. The summed E-state index contributed by atoms with van der Waals surface area (Å²) in [5, 5.41) is 12.5. The molecule has 1 aromatic rings. The molecule has 2 N–H and O–H groups in total. The molecule has 15 heavy (non-hydrogen) atoms. The lowest BCUT2D eigenvalue weighted by Crippen LogP contribution is -2.39. The Hall–Kier alpha value is -1.00. The quantitative estimate of drug-likeness (QED) is 0.666. The molecular formula is C11H19N3O. The second-order valence-electron chi connectivity index (χ2n) is 4.04. The maximum atomic E-state index is 9.33. The van der Waals surface area contributed by atoms with Crippen molar-refractivity contribution in [3.63, 3.8) is 0 Å². The Morgan fingerprint density at radius 1 is 1.27 bits per heavy atom. The number of aryl methyl sites for hydroxylation is 1. The Bertz CT molecular complexity index is 266. The third kappa shape index (κ3) is 5.44. The maximum Gasteiger partial charge on any atom is 0.125 e. The van der Waals surface area contributed by atoms with E-state index in [-0.39, 0.29) is 5.60 Å². The minimum Gasteiger partial charge on any atom is -0.390 e. The average Bonchev–Trinajstić information content (AvgIpc) is 2.19. The van der Waals surface area contributed by atoms with Crippen LogP contribution in [0.5, 0.6) is 0 Å². The summed E-state index contributed by atoms with van der Waals surface area (Å²) in [4.78, 5) is 7.74. The molecule has 0 radical (unpaired) electrons. The summed E-state index contributed by atoms with van der Waals surface area (Å²) in [5.41, 5.74) is -0.384. The number of hydrogen-bond donors (Lipinski definition) is 2. The zero-order chi connectivity index (χ0) is 11.1. The van der Waals surface area contributed by atoms with Gasteiger partial charge in [0, 0.05) is 12.4 Å². The molecule has 1 aliphatic rings. The second-order valence-corrected chi connectivity index (χ2v) is 4.04. The highest BCUT2D eigenvalue weighted by atomic mass is 16.3. The van der Waals surface area contributed by atoms with E-state index >= 15 is 0 Å². The number of hydrogen-bond acceptors (Lipinski definition) is 4. The molecule has 1 aliphatic heterocycles. The van der Waals surface area contributed by atoms with E-state index in [1.807, 2.05) is 13.8 Å². The van der Waals surface area contributed by atoms with Crippen molar-refractivity contribution < 1.29 is 5.11 Å². The van der Waals surface area contributed by atoms with Gasteiger partial charge < -0.3 is 10.4 Å². The van der Waals surface area contributed by atoms with Gasteiger partial charge in [-0.05, 0) is 45.8 Å². The van der Waals surface area contributed by atoms with Gasteiger partial charge in [0.2, 0.25) is 0 Å². The first-order chi connectivity index (χ1) is 7.10. The van der Waals surface area contributed by atoms with Crippen LogP contribution in [0.3, 0.4) is 0 Å². The molecule has 0 bridgehead atoms. The Morgan fingerprint density at radius 2 is 1.80 bits per heavy atom. The van der Waals surface area contributed by atoms with Gasteiger partial charge in [-0.25, -0.2) is 9.97 Å². The lowest BCUT2D eigenvalue weighted by atomic mass is 9.95. The van der Waals surface area contributed by atoms with Crippen LogP contribution in [0.2, 0.25) is 0 Å². The fraction of sp³-hybridized carbons (Fsp3) is 0.636. The Balaban J connectivity index is 0.000000151. The van der Waals surface area contributed by atoms with Gasteiger partial charge >= 0.3 is 0 Å². The van der Waals surface area contributed by atoms with Crippen molar-refractivity contribution >= 4 is 0 Å². The molecule has 1 saturated heterocycles. The summed E-state index contributed by atoms with van der Waals surface area (Å²) in [6.45, 7) is 5.69. The minimum absolute atomic E-state index is 0.384. The average molecular weight is 209 g/mol. The molecular weight excluding hydrogens is 190 g/mol. The van der Waals surface area contributed by atoms with E-state index in [1.165, 1.54) is 0 Å². The molecule has 0 amide bonds. The number of piperidine rings is 1. The molecule has 2 rings (SSSR count). The van der Waals surface area contributed by atoms with Crippen LogP contribution in [0.15, 0.2) is 18.5 Å². The third-order valence-corrected chi connectivity index (χ3v) is 2.38. The first-order valence-corrected chi connectivity index (χ1v) is 5.27. The van der Waals surface area contributed by atoms with Crippen molar-refractivity contribution in [2.75, 3.05) is 13.1 Å². The van der Waals surface area contributed by atoms with Crippen LogP contribution < -0.4 is 5.32 Å². The standard InChI is InChI=1S/C6H13NO.C5H6N2/c1-6(8)2-4-7-5-3-6;1-5-6-3-2-4-7-5/h7-8H,2-5H2,1H3;2-4H,1H3. The monoisotopic (exact) mass is 209 g/mol. The highest BCUT2D eigenvalue weighted by Crippen LogP contribution is 2.15. The number of rotatable bonds is 0. The Morgan fingerprint density at radius 3 is 2.07 bits per heavy atom. The molecule has 0 saturated carbocycles. The molecule has 0 aromatic carbocycles. The van der Waals surface area contributed by atoms with Gasteiger partial charge in [-0.3, -0.25) is 0 Å². The molecule has 0 spiro atoms. The van der Waals surface area contributed by atoms with Crippen LogP contribution in [-0.4, -0.2) is 33.8 Å². The summed E-state index contributed by atoms with van der Waals surface area (Å²) >= 11 is 0. The summed E-state index contributed by atoms with van der Waals surface area (Å²) in [6, 6.07) is 1.80. The lowest BCUT2D eigenvalue weighted by Gasteiger charge is -2.27. The molecule has 0 atom stereocenters. The SMILES string of the molecule is CC1(O)CCNCC1.Cc1ncccn1. The van der Waals surface area contributed by atoms with E-state index in [1.54, 1.807) is 18.5 Å². The van der Waals surface area contributed by atoms with Crippen molar-refractivity contribution in [3.05, 3.63) is 24.3 Å². The normalized spacial score (nSPS) is 18.9. The third-order valence-electron chi connectivity index (χ3n) is 2.38. The molecule has 0 unspecified atom stereocenters. The van der Waals surface area contributed by atoms with Crippen molar-refractivity contribution in [2.24, 2.45) is 0 Å². The minimum atomic E-state index is -0.384. The molecule has 4 heteroatoms. The first-order valence-electron chi connectivity index (χ1n) is 5.27. The summed E-state index contributed by atoms with van der Waals surface area (Å²) < 4.78 is 0. The van der Waals surface area contributed by atoms with Crippen LogP contribution in [0.4, 0.5) is 0 Å². The number of nitrogens with one attached hydrogen (secondary N) is 1. The molecule has 84 valence electrons. The van der Waals surface area contributed by atoms with Gasteiger partial charge in [-0.2, -0.15) is 0 Å². The molecule has 1 fully saturated rings. The van der Waals surface area contributed by atoms with E-state index in [4.69, 9.17) is 0 Å². The van der Waals surface area contributed by atoms with Crippen molar-refractivity contribution in [2.45, 2.75) is 32.3 Å². The van der Waals surface area contributed by atoms with Crippen LogP contribution in [-0.2, 0) is 0 Å². The van der Waals surface area contributed by atoms with Gasteiger partial charge in [0.1, 0.15) is 5.82 Å². The van der Waals surface area contributed by atoms with E-state index in [0.29, 0.717) is 0 Å². The van der Waals surface area contributed by atoms with Crippen molar-refractivity contribution in [1.82, 2.24) is 15.3 Å². The maximum absolute atomic E-state index is 9.33. The number of aromatic nitrogens is 2. The van der Waals surface area contributed by atoms with Crippen LogP contribution in [0, 0.1) is 6.92 Å². The van der Waals surface area contributed by atoms with Crippen LogP contribution in [0.25, 0.3) is 0 Å². The zero-order valence-corrected chi connectivity index (χ0v) is 9.40. The van der Waals surface area contributed by atoms with Crippen LogP contribution >= 0.6 is 0 Å². The molecule has 0 aliphatic carbocycles. The summed E-state index contributed by atoms with van der Waals surface area (Å²) in [6.07, 6.45) is 5.24. The van der Waals surface area contributed by atoms with Gasteiger partial charge in [-0.1, -0.05) is 0 Å². The predicted octanol–water partition coefficient (Wildman–Crippen LogP) is 0.906. The van der Waals surface area contributed by atoms with Gasteiger partial charge in [-0.15, -0.1) is 0 Å². The molecule has 1 aromatic heterocycles. The Kier molecular flexibility index (Phi) is 4.65. The van der Waals surface area contributed by atoms with E-state index in [9.17, 15) is 5.11 Å². The summed E-state index contributed by atoms with van der Waals surface area (Å²) in [5.74, 6) is 0.822. The summed E-state index contributed by atoms with van der Waals surface area (Å²) in [7, 11) is 0. The zero-order valence-electron chi connectivity index (χ0n) is 9.40. The van der Waals surface area contributed by atoms with Crippen LogP contribution in [0.1, 0.15) is 25.6 Å². The van der Waals surface area contributed by atoms with Gasteiger partial charge in [0.15, 0.2) is 0 Å². The predicted molar refractivity (Wildman–Crippen MR) is 59.5 cm³/mol. The smallest absolute Gasteiger partial charge is 0.125 e. The van der Waals surface area contributed by atoms with E-state index in [0.717, 1.165) is 31.8 Å². The first kappa shape index (κ1) is 12.1. The van der Waals surface area contributed by atoms with Gasteiger partial charge in [0.05, 0.1) is 5.60 Å². The van der Waals surface area contributed by atoms with Crippen molar-refractivity contribution in [1.29, 1.82) is 0 Å². The second kappa shape index (κ2) is 5.78. The fourth-order valence-corrected chi connectivity index (χ4v) is 1.34. The van der Waals surface area contributed by atoms with E-state index in [2.05, 4.69) is 15.3 Å². The number of nitrogens with zero attached hydrogens (tertiary/aromatic N) is 2. The fourth-order valence-electron chi connectivity index (χ4n) is 1.34.